The zero-order valence-corrected chi connectivity index (χ0v) is 14.9. The molecule has 1 saturated heterocycles. The minimum atomic E-state index is 0.0228. The molecule has 2 N–H and O–H groups in total. The van der Waals surface area contributed by atoms with E-state index in [0.717, 1.165) is 0 Å². The first kappa shape index (κ1) is 17.3. The van der Waals surface area contributed by atoms with Crippen molar-refractivity contribution in [2.75, 3.05) is 19.6 Å². The van der Waals surface area contributed by atoms with Gasteiger partial charge in [0, 0.05) is 35.2 Å². The molecule has 0 aliphatic carbocycles. The lowest BCUT2D eigenvalue weighted by Crippen LogP contribution is -3.10. The normalized spacial score (nSPS) is 16.8. The van der Waals surface area contributed by atoms with Gasteiger partial charge in [0.2, 0.25) is 0 Å². The molecule has 0 aromatic heterocycles. The second kappa shape index (κ2) is 8.02. The number of rotatable bonds is 5. The van der Waals surface area contributed by atoms with Crippen molar-refractivity contribution in [3.05, 3.63) is 63.6 Å². The van der Waals surface area contributed by atoms with E-state index in [0.29, 0.717) is 23.2 Å². The lowest BCUT2D eigenvalue weighted by Gasteiger charge is -2.23. The SMILES string of the molecule is Oc1c(Cl)cc(Cl)cc1C=NC[C@@H](c1ccccc1)[NH+]1CCCC1. The summed E-state index contributed by atoms with van der Waals surface area (Å²) in [5, 5.41) is 10.8. The minimum absolute atomic E-state index is 0.0228. The molecule has 24 heavy (non-hydrogen) atoms. The number of phenols is 1. The molecule has 0 amide bonds. The molecule has 1 heterocycles. The highest BCUT2D eigenvalue weighted by molar-refractivity contribution is 6.36. The summed E-state index contributed by atoms with van der Waals surface area (Å²) in [7, 11) is 0. The monoisotopic (exact) mass is 363 g/mol. The largest absolute Gasteiger partial charge is 0.506 e. The number of hydrogen-bond acceptors (Lipinski definition) is 2. The number of aliphatic imine (C=N–C) groups is 1. The van der Waals surface area contributed by atoms with Crippen molar-refractivity contribution in [1.82, 2.24) is 0 Å². The standard InChI is InChI=1S/C19H20Cl2N2O/c20-16-10-15(19(24)17(21)11-16)12-22-13-18(23-8-4-5-9-23)14-6-2-1-3-7-14/h1-3,6-7,10-12,18,24H,4-5,8-9,13H2/p+1/t18-/m0/s1. The zero-order chi connectivity index (χ0) is 16.9. The summed E-state index contributed by atoms with van der Waals surface area (Å²) < 4.78 is 0. The Morgan fingerprint density at radius 3 is 2.54 bits per heavy atom. The summed E-state index contributed by atoms with van der Waals surface area (Å²) in [5.41, 5.74) is 1.86. The fourth-order valence-electron chi connectivity index (χ4n) is 3.27. The van der Waals surface area contributed by atoms with E-state index in [1.807, 2.05) is 6.07 Å². The first-order valence-electron chi connectivity index (χ1n) is 8.22. The van der Waals surface area contributed by atoms with Crippen LogP contribution in [-0.4, -0.2) is 31.0 Å². The Morgan fingerprint density at radius 2 is 1.83 bits per heavy atom. The number of likely N-dealkylation sites (tertiary alicyclic amines) is 1. The minimum Gasteiger partial charge on any atom is -0.506 e. The van der Waals surface area contributed by atoms with Gasteiger partial charge < -0.3 is 10.0 Å². The first-order valence-corrected chi connectivity index (χ1v) is 8.98. The van der Waals surface area contributed by atoms with Crippen LogP contribution in [0.4, 0.5) is 0 Å². The van der Waals surface area contributed by atoms with E-state index in [4.69, 9.17) is 23.2 Å². The summed E-state index contributed by atoms with van der Waals surface area (Å²) >= 11 is 12.0. The molecule has 1 fully saturated rings. The van der Waals surface area contributed by atoms with Crippen LogP contribution in [-0.2, 0) is 0 Å². The average Bonchev–Trinajstić information content (AvgIpc) is 3.11. The second-order valence-electron chi connectivity index (χ2n) is 6.15. The highest BCUT2D eigenvalue weighted by Gasteiger charge is 2.26. The Balaban J connectivity index is 1.78. The third-order valence-corrected chi connectivity index (χ3v) is 5.02. The van der Waals surface area contributed by atoms with Gasteiger partial charge in [-0.15, -0.1) is 0 Å². The van der Waals surface area contributed by atoms with Crippen LogP contribution in [0.1, 0.15) is 30.0 Å². The molecule has 1 aliphatic rings. The highest BCUT2D eigenvalue weighted by Crippen LogP contribution is 2.30. The number of nitrogens with zero attached hydrogens (tertiary/aromatic N) is 1. The predicted octanol–water partition coefficient (Wildman–Crippen LogP) is 3.54. The van der Waals surface area contributed by atoms with Gasteiger partial charge in [-0.05, 0) is 12.1 Å². The maximum atomic E-state index is 10.0. The van der Waals surface area contributed by atoms with Gasteiger partial charge in [-0.3, -0.25) is 4.99 Å². The molecule has 126 valence electrons. The van der Waals surface area contributed by atoms with Crippen molar-refractivity contribution >= 4 is 29.4 Å². The predicted molar refractivity (Wildman–Crippen MR) is 99.7 cm³/mol. The maximum Gasteiger partial charge on any atom is 0.143 e. The van der Waals surface area contributed by atoms with Crippen molar-refractivity contribution in [3.8, 4) is 5.75 Å². The molecule has 0 unspecified atom stereocenters. The van der Waals surface area contributed by atoms with Gasteiger partial charge >= 0.3 is 0 Å². The van der Waals surface area contributed by atoms with Gasteiger partial charge in [-0.25, -0.2) is 0 Å². The topological polar surface area (TPSA) is 37.0 Å². The van der Waals surface area contributed by atoms with Crippen molar-refractivity contribution in [3.63, 3.8) is 0 Å². The van der Waals surface area contributed by atoms with E-state index in [2.05, 4.69) is 29.3 Å². The smallest absolute Gasteiger partial charge is 0.143 e. The number of hydrogen-bond donors (Lipinski definition) is 2. The van der Waals surface area contributed by atoms with Crippen molar-refractivity contribution in [1.29, 1.82) is 0 Å². The molecule has 3 rings (SSSR count). The Kier molecular flexibility index (Phi) is 5.77. The van der Waals surface area contributed by atoms with Crippen LogP contribution >= 0.6 is 23.2 Å². The van der Waals surface area contributed by atoms with E-state index in [1.165, 1.54) is 37.6 Å². The van der Waals surface area contributed by atoms with Crippen LogP contribution in [0, 0.1) is 0 Å². The Hall–Kier alpha value is -1.55. The summed E-state index contributed by atoms with van der Waals surface area (Å²) in [5.74, 6) is 0.0228. The van der Waals surface area contributed by atoms with E-state index >= 15 is 0 Å². The van der Waals surface area contributed by atoms with Gasteiger partial charge in [-0.1, -0.05) is 53.5 Å². The third-order valence-electron chi connectivity index (χ3n) is 4.52. The summed E-state index contributed by atoms with van der Waals surface area (Å²) in [6.07, 6.45) is 4.21. The molecule has 5 heteroatoms. The molecule has 1 atom stereocenters. The third kappa shape index (κ3) is 4.10. The Labute approximate surface area is 152 Å². The van der Waals surface area contributed by atoms with Crippen molar-refractivity contribution in [2.24, 2.45) is 4.99 Å². The van der Waals surface area contributed by atoms with Crippen LogP contribution < -0.4 is 4.90 Å². The van der Waals surface area contributed by atoms with Gasteiger partial charge in [-0.2, -0.15) is 0 Å². The van der Waals surface area contributed by atoms with Crippen LogP contribution in [0.5, 0.6) is 5.75 Å². The molecular weight excluding hydrogens is 343 g/mol. The van der Waals surface area contributed by atoms with Gasteiger partial charge in [0.1, 0.15) is 11.8 Å². The first-order chi connectivity index (χ1) is 11.6. The second-order valence-corrected chi connectivity index (χ2v) is 6.99. The number of nitrogens with one attached hydrogen (secondary N) is 1. The quantitative estimate of drug-likeness (QED) is 0.783. The van der Waals surface area contributed by atoms with Crippen molar-refractivity contribution < 1.29 is 10.0 Å². The molecule has 2 aromatic rings. The molecular formula is C19H21Cl2N2O+. The van der Waals surface area contributed by atoms with Crippen molar-refractivity contribution in [2.45, 2.75) is 18.9 Å². The summed E-state index contributed by atoms with van der Waals surface area (Å²) in [4.78, 5) is 6.16. The number of quaternary nitrogens is 1. The number of phenolic OH excluding ortho intramolecular Hbond substituents is 1. The highest BCUT2D eigenvalue weighted by atomic mass is 35.5. The number of benzene rings is 2. The fraction of sp³-hybridized carbons (Fsp3) is 0.316. The van der Waals surface area contributed by atoms with Crippen LogP contribution in [0.2, 0.25) is 10.0 Å². The molecule has 1 aliphatic heterocycles. The van der Waals surface area contributed by atoms with E-state index in [-0.39, 0.29) is 10.8 Å². The Morgan fingerprint density at radius 1 is 1.12 bits per heavy atom. The van der Waals surface area contributed by atoms with Crippen LogP contribution in [0.25, 0.3) is 0 Å². The summed E-state index contributed by atoms with van der Waals surface area (Å²) in [6.45, 7) is 3.04. The average molecular weight is 364 g/mol. The molecule has 0 radical (unpaired) electrons. The van der Waals surface area contributed by atoms with Gasteiger partial charge in [0.15, 0.2) is 0 Å². The molecule has 0 saturated carbocycles. The lowest BCUT2D eigenvalue weighted by atomic mass is 10.1. The number of aromatic hydroxyl groups is 1. The number of halogens is 2. The fourth-order valence-corrected chi connectivity index (χ4v) is 3.78. The molecule has 3 nitrogen and oxygen atoms in total. The van der Waals surface area contributed by atoms with E-state index in [1.54, 1.807) is 17.2 Å². The van der Waals surface area contributed by atoms with Crippen LogP contribution in [0.3, 0.4) is 0 Å². The van der Waals surface area contributed by atoms with E-state index < -0.39 is 0 Å². The molecule has 0 bridgehead atoms. The zero-order valence-electron chi connectivity index (χ0n) is 13.4. The summed E-state index contributed by atoms with van der Waals surface area (Å²) in [6, 6.07) is 14.0. The lowest BCUT2D eigenvalue weighted by molar-refractivity contribution is -0.918. The van der Waals surface area contributed by atoms with E-state index in [9.17, 15) is 5.11 Å². The molecule has 2 aromatic carbocycles. The van der Waals surface area contributed by atoms with Crippen LogP contribution in [0.15, 0.2) is 47.5 Å². The maximum absolute atomic E-state index is 10.0. The van der Waals surface area contributed by atoms with Gasteiger partial charge in [0.05, 0.1) is 24.7 Å². The van der Waals surface area contributed by atoms with Gasteiger partial charge in [0.25, 0.3) is 0 Å². The Bertz CT molecular complexity index is 713. The molecule has 0 spiro atoms.